The van der Waals surface area contributed by atoms with Gasteiger partial charge in [-0.15, -0.1) is 0 Å². The topological polar surface area (TPSA) is 15.3 Å². The minimum absolute atomic E-state index is 0.217. The van der Waals surface area contributed by atoms with Crippen molar-refractivity contribution < 1.29 is 0 Å². The summed E-state index contributed by atoms with van der Waals surface area (Å²) in [5.41, 5.74) is 1.65. The van der Waals surface area contributed by atoms with Crippen LogP contribution in [0.15, 0.2) is 30.3 Å². The highest BCUT2D eigenvalue weighted by Gasteiger charge is 2.34. The minimum Gasteiger partial charge on any atom is -0.309 e. The zero-order valence-electron chi connectivity index (χ0n) is 12.1. The molecular weight excluding hydrogens is 220 g/mol. The minimum atomic E-state index is 0.217. The summed E-state index contributed by atoms with van der Waals surface area (Å²) in [5, 5.41) is 3.67. The molecule has 1 heterocycles. The molecule has 1 aliphatic rings. The molecule has 0 aromatic heterocycles. The van der Waals surface area contributed by atoms with Crippen molar-refractivity contribution in [3.05, 3.63) is 35.9 Å². The molecule has 0 radical (unpaired) electrons. The SMILES string of the molecule is CCC(C)N1CC(C)(C)NCC1c1ccccc1. The van der Waals surface area contributed by atoms with Crippen molar-refractivity contribution in [3.63, 3.8) is 0 Å². The Labute approximate surface area is 111 Å². The third kappa shape index (κ3) is 2.93. The smallest absolute Gasteiger partial charge is 0.0476 e. The molecule has 0 bridgehead atoms. The van der Waals surface area contributed by atoms with E-state index < -0.39 is 0 Å². The number of hydrogen-bond acceptors (Lipinski definition) is 2. The maximum atomic E-state index is 3.67. The van der Waals surface area contributed by atoms with Gasteiger partial charge in [-0.1, -0.05) is 37.3 Å². The second kappa shape index (κ2) is 5.41. The summed E-state index contributed by atoms with van der Waals surface area (Å²) in [6, 6.07) is 12.0. The molecule has 2 nitrogen and oxygen atoms in total. The van der Waals surface area contributed by atoms with Crippen LogP contribution in [0, 0.1) is 0 Å². The molecule has 2 atom stereocenters. The molecule has 0 saturated carbocycles. The first-order chi connectivity index (χ1) is 8.53. The Morgan fingerprint density at radius 2 is 2.00 bits per heavy atom. The first-order valence-electron chi connectivity index (χ1n) is 7.09. The van der Waals surface area contributed by atoms with E-state index in [1.165, 1.54) is 12.0 Å². The van der Waals surface area contributed by atoms with Crippen LogP contribution >= 0.6 is 0 Å². The Hall–Kier alpha value is -0.860. The van der Waals surface area contributed by atoms with Crippen molar-refractivity contribution in [2.24, 2.45) is 0 Å². The molecule has 2 unspecified atom stereocenters. The Morgan fingerprint density at radius 1 is 1.33 bits per heavy atom. The van der Waals surface area contributed by atoms with E-state index >= 15 is 0 Å². The zero-order chi connectivity index (χ0) is 13.2. The second-order valence-electron chi connectivity index (χ2n) is 6.12. The highest BCUT2D eigenvalue weighted by molar-refractivity contribution is 5.21. The lowest BCUT2D eigenvalue weighted by Crippen LogP contribution is -2.60. The summed E-state index contributed by atoms with van der Waals surface area (Å²) >= 11 is 0. The van der Waals surface area contributed by atoms with Gasteiger partial charge in [0.2, 0.25) is 0 Å². The van der Waals surface area contributed by atoms with Crippen molar-refractivity contribution in [2.75, 3.05) is 13.1 Å². The van der Waals surface area contributed by atoms with Gasteiger partial charge in [-0.05, 0) is 32.8 Å². The van der Waals surface area contributed by atoms with Gasteiger partial charge in [0.1, 0.15) is 0 Å². The number of nitrogens with one attached hydrogen (secondary N) is 1. The molecule has 1 aromatic rings. The second-order valence-corrected chi connectivity index (χ2v) is 6.12. The monoisotopic (exact) mass is 246 g/mol. The Bertz CT molecular complexity index is 372. The first kappa shape index (κ1) is 13.6. The Kier molecular flexibility index (Phi) is 4.08. The number of piperazine rings is 1. The third-order valence-electron chi connectivity index (χ3n) is 4.09. The molecule has 100 valence electrons. The van der Waals surface area contributed by atoms with Gasteiger partial charge in [0.25, 0.3) is 0 Å². The molecule has 1 aliphatic heterocycles. The molecule has 1 aromatic carbocycles. The van der Waals surface area contributed by atoms with Gasteiger partial charge >= 0.3 is 0 Å². The lowest BCUT2D eigenvalue weighted by atomic mass is 9.93. The summed E-state index contributed by atoms with van der Waals surface area (Å²) in [7, 11) is 0. The van der Waals surface area contributed by atoms with E-state index in [-0.39, 0.29) is 5.54 Å². The van der Waals surface area contributed by atoms with Crippen LogP contribution in [0.2, 0.25) is 0 Å². The van der Waals surface area contributed by atoms with E-state index in [0.29, 0.717) is 12.1 Å². The van der Waals surface area contributed by atoms with E-state index in [1.54, 1.807) is 0 Å². The summed E-state index contributed by atoms with van der Waals surface area (Å²) in [4.78, 5) is 2.66. The molecule has 0 aliphatic carbocycles. The van der Waals surface area contributed by atoms with Crippen LogP contribution in [-0.2, 0) is 0 Å². The van der Waals surface area contributed by atoms with Crippen molar-refractivity contribution >= 4 is 0 Å². The molecule has 2 heteroatoms. The molecule has 1 fully saturated rings. The average molecular weight is 246 g/mol. The van der Waals surface area contributed by atoms with E-state index in [1.807, 2.05) is 0 Å². The predicted molar refractivity (Wildman–Crippen MR) is 77.7 cm³/mol. The van der Waals surface area contributed by atoms with E-state index in [4.69, 9.17) is 0 Å². The number of benzene rings is 1. The van der Waals surface area contributed by atoms with Crippen LogP contribution in [-0.4, -0.2) is 29.6 Å². The van der Waals surface area contributed by atoms with Crippen LogP contribution in [0.25, 0.3) is 0 Å². The van der Waals surface area contributed by atoms with Gasteiger partial charge in [0.05, 0.1) is 0 Å². The maximum absolute atomic E-state index is 3.67. The van der Waals surface area contributed by atoms with Gasteiger partial charge in [0, 0.05) is 30.7 Å². The van der Waals surface area contributed by atoms with Crippen molar-refractivity contribution in [1.82, 2.24) is 10.2 Å². The van der Waals surface area contributed by atoms with Crippen molar-refractivity contribution in [1.29, 1.82) is 0 Å². The Balaban J connectivity index is 2.23. The fourth-order valence-electron chi connectivity index (χ4n) is 2.79. The van der Waals surface area contributed by atoms with Crippen LogP contribution in [0.1, 0.15) is 45.7 Å². The van der Waals surface area contributed by atoms with Gasteiger partial charge < -0.3 is 5.32 Å². The summed E-state index contributed by atoms with van der Waals surface area (Å²) < 4.78 is 0. The molecule has 2 rings (SSSR count). The van der Waals surface area contributed by atoms with Gasteiger partial charge in [-0.25, -0.2) is 0 Å². The summed E-state index contributed by atoms with van der Waals surface area (Å²) in [6.07, 6.45) is 1.21. The number of nitrogens with zero attached hydrogens (tertiary/aromatic N) is 1. The molecule has 0 amide bonds. The molecule has 0 spiro atoms. The van der Waals surface area contributed by atoms with Crippen LogP contribution in [0.3, 0.4) is 0 Å². The standard InChI is InChI=1S/C16H26N2/c1-5-13(2)18-12-16(3,4)17-11-15(18)14-9-7-6-8-10-14/h6-10,13,15,17H,5,11-12H2,1-4H3. The first-order valence-corrected chi connectivity index (χ1v) is 7.09. The Morgan fingerprint density at radius 3 is 2.61 bits per heavy atom. The zero-order valence-corrected chi connectivity index (χ0v) is 12.1. The number of rotatable bonds is 3. The third-order valence-corrected chi connectivity index (χ3v) is 4.09. The fraction of sp³-hybridized carbons (Fsp3) is 0.625. The van der Waals surface area contributed by atoms with Crippen LogP contribution in [0.4, 0.5) is 0 Å². The predicted octanol–water partition coefficient (Wildman–Crippen LogP) is 3.21. The summed E-state index contributed by atoms with van der Waals surface area (Å²) in [5.74, 6) is 0. The van der Waals surface area contributed by atoms with E-state index in [9.17, 15) is 0 Å². The summed E-state index contributed by atoms with van der Waals surface area (Å²) in [6.45, 7) is 11.4. The van der Waals surface area contributed by atoms with Gasteiger partial charge in [0.15, 0.2) is 0 Å². The fourth-order valence-corrected chi connectivity index (χ4v) is 2.79. The normalized spacial score (nSPS) is 25.9. The highest BCUT2D eigenvalue weighted by atomic mass is 15.3. The van der Waals surface area contributed by atoms with Crippen LogP contribution in [0.5, 0.6) is 0 Å². The number of hydrogen-bond donors (Lipinski definition) is 1. The molecule has 1 N–H and O–H groups in total. The molecule has 1 saturated heterocycles. The maximum Gasteiger partial charge on any atom is 0.0476 e. The largest absolute Gasteiger partial charge is 0.309 e. The highest BCUT2D eigenvalue weighted by Crippen LogP contribution is 2.29. The van der Waals surface area contributed by atoms with Crippen molar-refractivity contribution in [2.45, 2.75) is 51.7 Å². The van der Waals surface area contributed by atoms with Gasteiger partial charge in [-0.2, -0.15) is 0 Å². The van der Waals surface area contributed by atoms with E-state index in [2.05, 4.69) is 68.2 Å². The lowest BCUT2D eigenvalue weighted by Gasteiger charge is -2.47. The molecular formula is C16H26N2. The van der Waals surface area contributed by atoms with Crippen molar-refractivity contribution in [3.8, 4) is 0 Å². The van der Waals surface area contributed by atoms with Gasteiger partial charge in [-0.3, -0.25) is 4.90 Å². The molecule has 18 heavy (non-hydrogen) atoms. The van der Waals surface area contributed by atoms with E-state index in [0.717, 1.165) is 13.1 Å². The van der Waals surface area contributed by atoms with Crippen LogP contribution < -0.4 is 5.32 Å². The average Bonchev–Trinajstić information content (AvgIpc) is 2.38. The quantitative estimate of drug-likeness (QED) is 0.881. The lowest BCUT2D eigenvalue weighted by molar-refractivity contribution is 0.0583.